The first-order chi connectivity index (χ1) is 16.7. The molecule has 1 amide bonds. The van der Waals surface area contributed by atoms with Crippen LogP contribution in [0.5, 0.6) is 11.5 Å². The molecule has 3 aromatic rings. The molecule has 0 fully saturated rings. The lowest BCUT2D eigenvalue weighted by molar-refractivity contribution is -0.0498. The van der Waals surface area contributed by atoms with E-state index in [2.05, 4.69) is 10.1 Å². The van der Waals surface area contributed by atoms with Crippen molar-refractivity contribution >= 4 is 27.2 Å². The number of benzene rings is 3. The van der Waals surface area contributed by atoms with Crippen LogP contribution in [0.15, 0.2) is 71.6 Å². The van der Waals surface area contributed by atoms with E-state index in [9.17, 15) is 17.8 Å². The van der Waals surface area contributed by atoms with Gasteiger partial charge in [-0.05, 0) is 67.0 Å². The Morgan fingerprint density at radius 3 is 2.60 bits per heavy atom. The van der Waals surface area contributed by atoms with Gasteiger partial charge >= 0.3 is 6.61 Å². The fourth-order valence-corrected chi connectivity index (χ4v) is 4.74. The molecule has 0 atom stereocenters. The van der Waals surface area contributed by atoms with Crippen LogP contribution in [-0.4, -0.2) is 42.4 Å². The van der Waals surface area contributed by atoms with Crippen molar-refractivity contribution in [2.45, 2.75) is 24.5 Å². The van der Waals surface area contributed by atoms with Crippen molar-refractivity contribution in [2.75, 3.05) is 30.6 Å². The first-order valence-corrected chi connectivity index (χ1v) is 13.8. The average molecular weight is 503 g/mol. The molecule has 0 spiro atoms. The molecule has 1 heterocycles. The fourth-order valence-electron chi connectivity index (χ4n) is 3.87. The Hall–Kier alpha value is -3.46. The highest BCUT2D eigenvalue weighted by Gasteiger charge is 2.21. The SMILES string of the molecule is C[SH](C)(=O)c1ccc(CNC(=O)c2ccc3c(c2)OCCCN3c2cccc(OC(F)F)c2)cc1. The Morgan fingerprint density at radius 2 is 1.89 bits per heavy atom. The van der Waals surface area contributed by atoms with E-state index < -0.39 is 16.5 Å². The highest BCUT2D eigenvalue weighted by Crippen LogP contribution is 2.38. The number of anilines is 2. The number of hydrogen-bond donors (Lipinski definition) is 2. The number of alkyl halides is 2. The molecular formula is C26H28F2N2O4S. The van der Waals surface area contributed by atoms with E-state index in [1.807, 2.05) is 35.2 Å². The molecule has 0 saturated carbocycles. The number of carbonyl (C=O) groups excluding carboxylic acids is 1. The molecule has 9 heteroatoms. The van der Waals surface area contributed by atoms with Crippen molar-refractivity contribution in [3.05, 3.63) is 77.9 Å². The maximum atomic E-state index is 12.8. The zero-order chi connectivity index (χ0) is 25.0. The quantitative estimate of drug-likeness (QED) is 0.456. The number of fused-ring (bicyclic) bond motifs is 1. The number of amides is 1. The third-order valence-corrected chi connectivity index (χ3v) is 7.20. The highest BCUT2D eigenvalue weighted by molar-refractivity contribution is 8.01. The Kier molecular flexibility index (Phi) is 7.35. The van der Waals surface area contributed by atoms with Crippen molar-refractivity contribution in [2.24, 2.45) is 0 Å². The van der Waals surface area contributed by atoms with Crippen molar-refractivity contribution in [1.82, 2.24) is 5.32 Å². The van der Waals surface area contributed by atoms with Crippen LogP contribution in [-0.2, 0) is 16.5 Å². The van der Waals surface area contributed by atoms with E-state index >= 15 is 0 Å². The second-order valence-corrected chi connectivity index (χ2v) is 11.8. The van der Waals surface area contributed by atoms with Crippen molar-refractivity contribution in [3.8, 4) is 11.5 Å². The van der Waals surface area contributed by atoms with Crippen LogP contribution in [0.2, 0.25) is 0 Å². The molecule has 1 aliphatic rings. The van der Waals surface area contributed by atoms with E-state index in [0.29, 0.717) is 43.1 Å². The van der Waals surface area contributed by atoms with Crippen molar-refractivity contribution < 1.29 is 27.3 Å². The van der Waals surface area contributed by atoms with Gasteiger partial charge in [0.1, 0.15) is 11.5 Å². The molecule has 3 aromatic carbocycles. The van der Waals surface area contributed by atoms with Crippen LogP contribution in [0.4, 0.5) is 20.2 Å². The Balaban J connectivity index is 1.50. The van der Waals surface area contributed by atoms with Crippen LogP contribution in [0.1, 0.15) is 22.3 Å². The molecule has 6 nitrogen and oxygen atoms in total. The number of hydrogen-bond acceptors (Lipinski definition) is 5. The van der Waals surface area contributed by atoms with E-state index in [4.69, 9.17) is 4.74 Å². The summed E-state index contributed by atoms with van der Waals surface area (Å²) in [6, 6.07) is 19.1. The summed E-state index contributed by atoms with van der Waals surface area (Å²) in [4.78, 5) is 15.6. The maximum Gasteiger partial charge on any atom is 0.387 e. The Morgan fingerprint density at radius 1 is 1.11 bits per heavy atom. The molecule has 0 saturated heterocycles. The van der Waals surface area contributed by atoms with Gasteiger partial charge in [-0.1, -0.05) is 28.1 Å². The minimum absolute atomic E-state index is 0.0777. The lowest BCUT2D eigenvalue weighted by Crippen LogP contribution is -2.23. The topological polar surface area (TPSA) is 67.9 Å². The minimum atomic E-state index is -2.90. The predicted molar refractivity (Wildman–Crippen MR) is 134 cm³/mol. The molecule has 1 aliphatic heterocycles. The third kappa shape index (κ3) is 6.16. The first-order valence-electron chi connectivity index (χ1n) is 11.2. The molecule has 0 bridgehead atoms. The minimum Gasteiger partial charge on any atom is -0.491 e. The largest absolute Gasteiger partial charge is 0.491 e. The number of thiol groups is 1. The summed E-state index contributed by atoms with van der Waals surface area (Å²) in [6.07, 6.45) is 4.16. The number of nitrogens with zero attached hydrogens (tertiary/aromatic N) is 1. The second kappa shape index (κ2) is 10.4. The summed E-state index contributed by atoms with van der Waals surface area (Å²) in [5.41, 5.74) is 2.79. The smallest absolute Gasteiger partial charge is 0.387 e. The summed E-state index contributed by atoms with van der Waals surface area (Å²) in [5, 5.41) is 2.90. The monoisotopic (exact) mass is 502 g/mol. The molecule has 35 heavy (non-hydrogen) atoms. The van der Waals surface area contributed by atoms with Crippen LogP contribution in [0.3, 0.4) is 0 Å². The van der Waals surface area contributed by atoms with Crippen molar-refractivity contribution in [1.29, 1.82) is 0 Å². The second-order valence-electron chi connectivity index (χ2n) is 8.61. The van der Waals surface area contributed by atoms with Gasteiger partial charge < -0.3 is 19.7 Å². The number of carbonyl (C=O) groups is 1. The van der Waals surface area contributed by atoms with Gasteiger partial charge in [-0.25, -0.2) is 0 Å². The van der Waals surface area contributed by atoms with Crippen LogP contribution in [0.25, 0.3) is 0 Å². The zero-order valence-corrected chi connectivity index (χ0v) is 20.4. The first kappa shape index (κ1) is 24.7. The lowest BCUT2D eigenvalue weighted by atomic mass is 10.1. The molecule has 0 radical (unpaired) electrons. The summed E-state index contributed by atoms with van der Waals surface area (Å²) >= 11 is 0. The maximum absolute atomic E-state index is 12.8. The molecule has 186 valence electrons. The van der Waals surface area contributed by atoms with Gasteiger partial charge in [0.2, 0.25) is 0 Å². The Bertz CT molecular complexity index is 1240. The zero-order valence-electron chi connectivity index (χ0n) is 19.5. The molecule has 0 unspecified atom stereocenters. The Labute approximate surface area is 204 Å². The van der Waals surface area contributed by atoms with E-state index in [-0.39, 0.29) is 11.7 Å². The summed E-state index contributed by atoms with van der Waals surface area (Å²) in [5.74, 6) is 0.371. The predicted octanol–water partition coefficient (Wildman–Crippen LogP) is 4.77. The number of nitrogens with one attached hydrogen (secondary N) is 1. The fraction of sp³-hybridized carbons (Fsp3) is 0.269. The van der Waals surface area contributed by atoms with Gasteiger partial charge in [-0.15, -0.1) is 0 Å². The summed E-state index contributed by atoms with van der Waals surface area (Å²) in [7, 11) is -2.32. The van der Waals surface area contributed by atoms with Gasteiger partial charge in [0.05, 0.1) is 12.3 Å². The molecule has 0 aromatic heterocycles. The summed E-state index contributed by atoms with van der Waals surface area (Å²) in [6.45, 7) is -1.48. The molecule has 1 N–H and O–H groups in total. The van der Waals surface area contributed by atoms with E-state index in [0.717, 1.165) is 16.1 Å². The van der Waals surface area contributed by atoms with Gasteiger partial charge in [-0.3, -0.25) is 9.00 Å². The lowest BCUT2D eigenvalue weighted by Gasteiger charge is -2.24. The van der Waals surface area contributed by atoms with Crippen LogP contribution in [0, 0.1) is 0 Å². The van der Waals surface area contributed by atoms with E-state index in [1.54, 1.807) is 42.8 Å². The molecule has 0 aliphatic carbocycles. The van der Waals surface area contributed by atoms with E-state index in [1.165, 1.54) is 6.07 Å². The standard InChI is InChI=1S/C26H28F2N2O4S/c1-35(2,32)22-10-7-18(8-11-22)17-29-25(31)19-9-12-23-24(15-19)33-14-4-13-30(23)20-5-3-6-21(16-20)34-26(27)28/h3,5-12,15-16,26,35H,4,13-14,17H2,1-2H3,(H,29,31). The van der Waals surface area contributed by atoms with Gasteiger partial charge in [0.25, 0.3) is 5.91 Å². The van der Waals surface area contributed by atoms with Gasteiger partial charge in [0, 0.05) is 35.3 Å². The van der Waals surface area contributed by atoms with Crippen LogP contribution >= 0.6 is 0 Å². The molecule has 4 rings (SSSR count). The highest BCUT2D eigenvalue weighted by atomic mass is 32.2. The normalized spacial score (nSPS) is 14.0. The number of ether oxygens (including phenoxy) is 2. The third-order valence-electron chi connectivity index (χ3n) is 5.66. The molecular weight excluding hydrogens is 474 g/mol. The van der Waals surface area contributed by atoms with Gasteiger partial charge in [-0.2, -0.15) is 8.78 Å². The summed E-state index contributed by atoms with van der Waals surface area (Å²) < 4.78 is 47.9. The number of rotatable bonds is 7. The number of halogens is 2. The average Bonchev–Trinajstić information content (AvgIpc) is 3.04. The van der Waals surface area contributed by atoms with Crippen LogP contribution < -0.4 is 19.7 Å². The van der Waals surface area contributed by atoms with Gasteiger partial charge in [0.15, 0.2) is 0 Å². The van der Waals surface area contributed by atoms with Crippen molar-refractivity contribution in [3.63, 3.8) is 0 Å².